The molecule has 0 fully saturated rings. The molecule has 5 nitrogen and oxygen atoms in total. The van der Waals surface area contributed by atoms with E-state index in [0.717, 1.165) is 0 Å². The third-order valence-electron chi connectivity index (χ3n) is 1.39. The molecule has 0 amide bonds. The van der Waals surface area contributed by atoms with Crippen LogP contribution in [0.4, 0.5) is 4.39 Å². The van der Waals surface area contributed by atoms with E-state index >= 15 is 0 Å². The molecule has 0 N–H and O–H groups in total. The van der Waals surface area contributed by atoms with Crippen LogP contribution in [0.1, 0.15) is 27.2 Å². The first-order chi connectivity index (χ1) is 6.99. The van der Waals surface area contributed by atoms with Gasteiger partial charge in [0.25, 0.3) is 0 Å². The molecule has 0 aliphatic carbocycles. The number of alkyl halides is 1. The van der Waals surface area contributed by atoms with Crippen molar-refractivity contribution in [2.75, 3.05) is 13.2 Å². The first-order valence-electron chi connectivity index (χ1n) is 4.75. The molecule has 0 saturated carbocycles. The van der Waals surface area contributed by atoms with E-state index in [4.69, 9.17) is 0 Å². The second kappa shape index (κ2) is 6.93. The Morgan fingerprint density at radius 1 is 1.27 bits per heavy atom. The maximum Gasteiger partial charge on any atom is 0.532 e. The summed E-state index contributed by atoms with van der Waals surface area (Å²) in [6.07, 6.45) is -1.85. The molecule has 0 radical (unpaired) electrons. The molecule has 15 heavy (non-hydrogen) atoms. The third kappa shape index (κ3) is 5.25. The van der Waals surface area contributed by atoms with Crippen LogP contribution in [0.3, 0.4) is 0 Å². The second-order valence-corrected chi connectivity index (χ2v) is 4.16. The Balaban J connectivity index is 4.40. The van der Waals surface area contributed by atoms with Gasteiger partial charge >= 0.3 is 13.8 Å². The monoisotopic (exact) mass is 242 g/mol. The van der Waals surface area contributed by atoms with Crippen LogP contribution >= 0.6 is 7.82 Å². The summed E-state index contributed by atoms with van der Waals surface area (Å²) in [5.74, 6) is -1.22. The molecular weight excluding hydrogens is 226 g/mol. The highest BCUT2D eigenvalue weighted by atomic mass is 31.2. The quantitative estimate of drug-likeness (QED) is 0.641. The Kier molecular flexibility index (Phi) is 6.72. The maximum absolute atomic E-state index is 12.8. The van der Waals surface area contributed by atoms with Gasteiger partial charge in [-0.3, -0.25) is 9.05 Å². The van der Waals surface area contributed by atoms with E-state index in [1.54, 1.807) is 13.8 Å². The predicted octanol–water partition coefficient (Wildman–Crippen LogP) is 2.46. The number of hydrogen-bond donors (Lipinski definition) is 0. The van der Waals surface area contributed by atoms with Crippen LogP contribution in [0, 0.1) is 0 Å². The minimum absolute atomic E-state index is 0.0446. The normalized spacial score (nSPS) is 13.6. The van der Waals surface area contributed by atoms with Gasteiger partial charge in [0.2, 0.25) is 0 Å². The van der Waals surface area contributed by atoms with Gasteiger partial charge in [-0.2, -0.15) is 0 Å². The molecule has 0 aliphatic heterocycles. The van der Waals surface area contributed by atoms with E-state index in [-0.39, 0.29) is 19.6 Å². The zero-order valence-electron chi connectivity index (χ0n) is 9.07. The van der Waals surface area contributed by atoms with E-state index in [9.17, 15) is 13.8 Å². The summed E-state index contributed by atoms with van der Waals surface area (Å²) < 4.78 is 38.1. The number of phosphoric acid groups is 1. The highest BCUT2D eigenvalue weighted by molar-refractivity contribution is 7.49. The summed E-state index contributed by atoms with van der Waals surface area (Å²) in [6, 6.07) is 0. The van der Waals surface area contributed by atoms with Crippen molar-refractivity contribution < 1.29 is 27.3 Å². The van der Waals surface area contributed by atoms with Gasteiger partial charge in [0, 0.05) is 0 Å². The SMILES string of the molecule is CCOP(=O)(OCC)OC(=O)C(F)CC. The summed E-state index contributed by atoms with van der Waals surface area (Å²) in [5, 5.41) is 0. The molecule has 0 bridgehead atoms. The lowest BCUT2D eigenvalue weighted by atomic mass is 10.3. The van der Waals surface area contributed by atoms with Crippen molar-refractivity contribution in [2.24, 2.45) is 0 Å². The van der Waals surface area contributed by atoms with Gasteiger partial charge < -0.3 is 4.52 Å². The van der Waals surface area contributed by atoms with E-state index < -0.39 is 20.0 Å². The molecule has 90 valence electrons. The molecule has 0 spiro atoms. The Bertz CT molecular complexity index is 235. The fourth-order valence-corrected chi connectivity index (χ4v) is 1.89. The molecule has 0 saturated heterocycles. The van der Waals surface area contributed by atoms with Crippen LogP contribution in [0.5, 0.6) is 0 Å². The summed E-state index contributed by atoms with van der Waals surface area (Å²) in [5.41, 5.74) is 0. The molecule has 7 heteroatoms. The zero-order valence-corrected chi connectivity index (χ0v) is 9.96. The molecule has 1 unspecified atom stereocenters. The molecule has 0 aromatic carbocycles. The predicted molar refractivity (Wildman–Crippen MR) is 52.1 cm³/mol. The highest BCUT2D eigenvalue weighted by Crippen LogP contribution is 2.49. The van der Waals surface area contributed by atoms with Gasteiger partial charge in [0.1, 0.15) is 0 Å². The third-order valence-corrected chi connectivity index (χ3v) is 2.94. The summed E-state index contributed by atoms with van der Waals surface area (Å²) in [4.78, 5) is 11.0. The van der Waals surface area contributed by atoms with E-state index in [0.29, 0.717) is 0 Å². The van der Waals surface area contributed by atoms with Crippen LogP contribution in [-0.2, 0) is 22.9 Å². The maximum atomic E-state index is 12.8. The lowest BCUT2D eigenvalue weighted by Gasteiger charge is -2.16. The molecule has 0 aliphatic rings. The smallest absolute Gasteiger partial charge is 0.368 e. The number of rotatable bonds is 7. The van der Waals surface area contributed by atoms with E-state index in [1.165, 1.54) is 6.92 Å². The largest absolute Gasteiger partial charge is 0.532 e. The van der Waals surface area contributed by atoms with Gasteiger partial charge in [0.05, 0.1) is 13.2 Å². The van der Waals surface area contributed by atoms with Gasteiger partial charge in [-0.1, -0.05) is 6.92 Å². The van der Waals surface area contributed by atoms with Crippen molar-refractivity contribution in [1.29, 1.82) is 0 Å². The molecule has 0 heterocycles. The van der Waals surface area contributed by atoms with Crippen LogP contribution in [0.15, 0.2) is 0 Å². The van der Waals surface area contributed by atoms with Gasteiger partial charge in [0.15, 0.2) is 6.17 Å². The van der Waals surface area contributed by atoms with Crippen LogP contribution < -0.4 is 0 Å². The fourth-order valence-electron chi connectivity index (χ4n) is 0.740. The summed E-state index contributed by atoms with van der Waals surface area (Å²) in [7, 11) is -3.93. The van der Waals surface area contributed by atoms with Crippen LogP contribution in [-0.4, -0.2) is 25.4 Å². The second-order valence-electron chi connectivity index (χ2n) is 2.57. The highest BCUT2D eigenvalue weighted by Gasteiger charge is 2.33. The Hall–Kier alpha value is -0.450. The van der Waals surface area contributed by atoms with Crippen LogP contribution in [0.25, 0.3) is 0 Å². The van der Waals surface area contributed by atoms with Crippen molar-refractivity contribution in [3.05, 3.63) is 0 Å². The van der Waals surface area contributed by atoms with Crippen molar-refractivity contribution in [1.82, 2.24) is 0 Å². The first kappa shape index (κ1) is 14.6. The van der Waals surface area contributed by atoms with Crippen molar-refractivity contribution in [3.8, 4) is 0 Å². The standard InChI is InChI=1S/C8H16FO5P/c1-4-7(9)8(10)14-15(11,12-5-2)13-6-3/h7H,4-6H2,1-3H3. The topological polar surface area (TPSA) is 61.8 Å². The van der Waals surface area contributed by atoms with Gasteiger partial charge in [-0.25, -0.2) is 13.8 Å². The number of phosphoric ester groups is 1. The van der Waals surface area contributed by atoms with Gasteiger partial charge in [-0.15, -0.1) is 0 Å². The minimum Gasteiger partial charge on any atom is -0.368 e. The lowest BCUT2D eigenvalue weighted by Crippen LogP contribution is -2.18. The summed E-state index contributed by atoms with van der Waals surface area (Å²) >= 11 is 0. The molecule has 0 rings (SSSR count). The van der Waals surface area contributed by atoms with E-state index in [1.807, 2.05) is 0 Å². The zero-order chi connectivity index (χ0) is 11.9. The van der Waals surface area contributed by atoms with Crippen molar-refractivity contribution in [2.45, 2.75) is 33.4 Å². The molecule has 0 aromatic heterocycles. The van der Waals surface area contributed by atoms with Crippen molar-refractivity contribution in [3.63, 3.8) is 0 Å². The van der Waals surface area contributed by atoms with E-state index in [2.05, 4.69) is 13.6 Å². The Morgan fingerprint density at radius 2 is 1.73 bits per heavy atom. The van der Waals surface area contributed by atoms with Crippen LogP contribution in [0.2, 0.25) is 0 Å². The average molecular weight is 242 g/mol. The number of carbonyl (C=O) groups is 1. The molecule has 1 atom stereocenters. The fraction of sp³-hybridized carbons (Fsp3) is 0.875. The molecular formula is C8H16FO5P. The van der Waals surface area contributed by atoms with Crippen molar-refractivity contribution >= 4 is 13.8 Å². The average Bonchev–Trinajstić information content (AvgIpc) is 2.16. The van der Waals surface area contributed by atoms with Gasteiger partial charge in [-0.05, 0) is 20.3 Å². The lowest BCUT2D eigenvalue weighted by molar-refractivity contribution is -0.142. The Labute approximate surface area is 88.5 Å². The summed E-state index contributed by atoms with van der Waals surface area (Å²) in [6.45, 7) is 4.69. The number of hydrogen-bond acceptors (Lipinski definition) is 5. The number of carbonyl (C=O) groups excluding carboxylic acids is 1. The first-order valence-corrected chi connectivity index (χ1v) is 6.21. The Morgan fingerprint density at radius 3 is 2.07 bits per heavy atom. The molecule has 0 aromatic rings. The minimum atomic E-state index is -3.93. The number of halogens is 1.